The Bertz CT molecular complexity index is 1360. The molecule has 0 spiro atoms. The van der Waals surface area contributed by atoms with Crippen LogP contribution in [-0.4, -0.2) is 15.0 Å². The molecule has 0 aliphatic heterocycles. The topological polar surface area (TPSA) is 59.9 Å². The van der Waals surface area contributed by atoms with Gasteiger partial charge in [0.05, 0.1) is 15.9 Å². The number of fused-ring (bicyclic) bond motifs is 1. The predicted octanol–water partition coefficient (Wildman–Crippen LogP) is 8.30. The minimum absolute atomic E-state index is 0. The highest BCUT2D eigenvalue weighted by Crippen LogP contribution is 2.40. The zero-order valence-corrected chi connectivity index (χ0v) is 21.7. The van der Waals surface area contributed by atoms with Gasteiger partial charge in [0.25, 0.3) is 0 Å². The second-order valence-corrected chi connectivity index (χ2v) is 10.1. The quantitative estimate of drug-likeness (QED) is 0.236. The van der Waals surface area contributed by atoms with Crippen molar-refractivity contribution in [3.8, 4) is 11.5 Å². The molecule has 1 N–H and O–H groups in total. The first-order valence-corrected chi connectivity index (χ1v) is 12.1. The predicted molar refractivity (Wildman–Crippen MR) is 144 cm³/mol. The van der Waals surface area contributed by atoms with Gasteiger partial charge in [-0.1, -0.05) is 30.0 Å². The van der Waals surface area contributed by atoms with Gasteiger partial charge in [0, 0.05) is 38.5 Å². The summed E-state index contributed by atoms with van der Waals surface area (Å²) < 4.78 is 7.38. The van der Waals surface area contributed by atoms with E-state index < -0.39 is 0 Å². The van der Waals surface area contributed by atoms with E-state index in [-0.39, 0.29) is 24.8 Å². The number of pyridine rings is 2. The molecule has 0 aliphatic rings. The smallest absolute Gasteiger partial charge is 0.188 e. The van der Waals surface area contributed by atoms with Gasteiger partial charge < -0.3 is 10.1 Å². The van der Waals surface area contributed by atoms with Crippen molar-refractivity contribution in [3.63, 3.8) is 0 Å². The number of aromatic nitrogens is 3. The molecular formula is C23H20Cl2N4OS3. The third-order valence-corrected chi connectivity index (χ3v) is 7.47. The summed E-state index contributed by atoms with van der Waals surface area (Å²) >= 11 is 4.96. The van der Waals surface area contributed by atoms with Crippen molar-refractivity contribution in [3.05, 3.63) is 76.9 Å². The van der Waals surface area contributed by atoms with Gasteiger partial charge in [-0.05, 0) is 38.1 Å². The van der Waals surface area contributed by atoms with Gasteiger partial charge in [0.15, 0.2) is 16.7 Å². The lowest BCUT2D eigenvalue weighted by atomic mass is 10.3. The second-order valence-electron chi connectivity index (χ2n) is 6.83. The Morgan fingerprint density at radius 1 is 1.00 bits per heavy atom. The maximum atomic E-state index is 6.19. The lowest BCUT2D eigenvalue weighted by molar-refractivity contribution is 0.481. The fourth-order valence-corrected chi connectivity index (χ4v) is 5.69. The van der Waals surface area contributed by atoms with E-state index in [0.29, 0.717) is 11.6 Å². The standard InChI is InChI=1S/C23H18N4OS3.2ClH/c1-14-13-29-23(26-14)27-22-19(28-16-6-4-3-5-7-16)11-17(12-25-22)31-20-8-9-24-18-10-15(2)30-21(18)20;;/h3-13H,1-2H3,(H,25,26,27);2*1H. The lowest BCUT2D eigenvalue weighted by Crippen LogP contribution is -1.97. The van der Waals surface area contributed by atoms with Gasteiger partial charge in [0.1, 0.15) is 5.75 Å². The van der Waals surface area contributed by atoms with Crippen LogP contribution in [0.2, 0.25) is 0 Å². The first kappa shape index (κ1) is 25.3. The average Bonchev–Trinajstić information content (AvgIpc) is 3.35. The second kappa shape index (κ2) is 11.2. The molecule has 4 heterocycles. The number of hydrogen-bond donors (Lipinski definition) is 1. The molecule has 0 saturated heterocycles. The number of nitrogens with one attached hydrogen (secondary N) is 1. The maximum absolute atomic E-state index is 6.19. The molecule has 0 amide bonds. The fourth-order valence-electron chi connectivity index (χ4n) is 3.02. The third kappa shape index (κ3) is 5.96. The number of halogens is 2. The molecule has 0 bridgehead atoms. The number of aryl methyl sites for hydroxylation is 2. The van der Waals surface area contributed by atoms with Gasteiger partial charge >= 0.3 is 0 Å². The SMILES string of the molecule is Cc1csc(Nc2ncc(Sc3ccnc4cc(C)sc34)cc2Oc2ccccc2)n1.Cl.Cl. The molecule has 0 aliphatic carbocycles. The van der Waals surface area contributed by atoms with Gasteiger partial charge in [0.2, 0.25) is 0 Å². The van der Waals surface area contributed by atoms with E-state index in [1.807, 2.05) is 67.2 Å². The van der Waals surface area contributed by atoms with Crippen molar-refractivity contribution in [1.29, 1.82) is 0 Å². The van der Waals surface area contributed by atoms with E-state index in [1.165, 1.54) is 9.58 Å². The molecule has 33 heavy (non-hydrogen) atoms. The Hall–Kier alpha value is -2.36. The first-order chi connectivity index (χ1) is 15.1. The van der Waals surface area contributed by atoms with E-state index in [4.69, 9.17) is 4.74 Å². The molecule has 170 valence electrons. The zero-order valence-electron chi connectivity index (χ0n) is 17.6. The van der Waals surface area contributed by atoms with Crippen LogP contribution in [-0.2, 0) is 0 Å². The molecule has 10 heteroatoms. The van der Waals surface area contributed by atoms with Crippen LogP contribution < -0.4 is 10.1 Å². The summed E-state index contributed by atoms with van der Waals surface area (Å²) in [7, 11) is 0. The van der Waals surface area contributed by atoms with E-state index in [9.17, 15) is 0 Å². The van der Waals surface area contributed by atoms with Crippen LogP contribution in [0.5, 0.6) is 11.5 Å². The van der Waals surface area contributed by atoms with Gasteiger partial charge in [-0.25, -0.2) is 9.97 Å². The number of thiazole rings is 1. The van der Waals surface area contributed by atoms with Gasteiger partial charge in [-0.15, -0.1) is 47.5 Å². The molecule has 5 nitrogen and oxygen atoms in total. The number of anilines is 2. The number of nitrogens with zero attached hydrogens (tertiary/aromatic N) is 3. The fraction of sp³-hybridized carbons (Fsp3) is 0.0870. The highest BCUT2D eigenvalue weighted by atomic mass is 35.5. The molecule has 4 aromatic heterocycles. The molecule has 0 saturated carbocycles. The molecule has 5 rings (SSSR count). The molecule has 5 aromatic rings. The summed E-state index contributed by atoms with van der Waals surface area (Å²) in [6, 6.07) is 15.9. The Labute approximate surface area is 216 Å². The summed E-state index contributed by atoms with van der Waals surface area (Å²) in [5, 5.41) is 6.08. The number of rotatable bonds is 6. The largest absolute Gasteiger partial charge is 0.453 e. The van der Waals surface area contributed by atoms with E-state index >= 15 is 0 Å². The number of hydrogen-bond acceptors (Lipinski definition) is 8. The maximum Gasteiger partial charge on any atom is 0.188 e. The van der Waals surface area contributed by atoms with Crippen LogP contribution in [0.1, 0.15) is 10.6 Å². The van der Waals surface area contributed by atoms with E-state index in [2.05, 4.69) is 33.3 Å². The van der Waals surface area contributed by atoms with Crippen molar-refractivity contribution in [2.45, 2.75) is 23.6 Å². The Morgan fingerprint density at radius 3 is 2.58 bits per heavy atom. The van der Waals surface area contributed by atoms with Gasteiger partial charge in [-0.3, -0.25) is 4.98 Å². The van der Waals surface area contributed by atoms with Crippen LogP contribution in [0, 0.1) is 13.8 Å². The Balaban J connectivity index is 0.00000153. The summed E-state index contributed by atoms with van der Waals surface area (Å²) in [5.41, 5.74) is 2.00. The van der Waals surface area contributed by atoms with Crippen molar-refractivity contribution in [2.24, 2.45) is 0 Å². The summed E-state index contributed by atoms with van der Waals surface area (Å²) in [4.78, 5) is 17.0. The molecule has 0 radical (unpaired) electrons. The van der Waals surface area contributed by atoms with Crippen LogP contribution in [0.25, 0.3) is 10.2 Å². The molecule has 0 fully saturated rings. The summed E-state index contributed by atoms with van der Waals surface area (Å²) in [5.74, 6) is 2.04. The van der Waals surface area contributed by atoms with Crippen LogP contribution in [0.15, 0.2) is 76.1 Å². The van der Waals surface area contributed by atoms with Crippen molar-refractivity contribution in [2.75, 3.05) is 5.32 Å². The highest BCUT2D eigenvalue weighted by Gasteiger charge is 2.13. The van der Waals surface area contributed by atoms with E-state index in [0.717, 1.165) is 31.9 Å². The molecule has 1 aromatic carbocycles. The van der Waals surface area contributed by atoms with Crippen LogP contribution >= 0.6 is 59.2 Å². The average molecular weight is 536 g/mol. The minimum Gasteiger partial charge on any atom is -0.453 e. The lowest BCUT2D eigenvalue weighted by Gasteiger charge is -2.12. The third-order valence-electron chi connectivity index (χ3n) is 4.37. The highest BCUT2D eigenvalue weighted by molar-refractivity contribution is 7.99. The van der Waals surface area contributed by atoms with Crippen LogP contribution in [0.3, 0.4) is 0 Å². The summed E-state index contributed by atoms with van der Waals surface area (Å²) in [6.45, 7) is 4.08. The monoisotopic (exact) mass is 534 g/mol. The number of ether oxygens (including phenoxy) is 1. The number of thiophene rings is 1. The molecule has 0 atom stereocenters. The number of para-hydroxylation sites is 1. The molecular weight excluding hydrogens is 515 g/mol. The molecule has 0 unspecified atom stereocenters. The van der Waals surface area contributed by atoms with E-state index in [1.54, 1.807) is 34.4 Å². The van der Waals surface area contributed by atoms with Crippen molar-refractivity contribution in [1.82, 2.24) is 15.0 Å². The zero-order chi connectivity index (χ0) is 21.2. The number of benzene rings is 1. The normalized spacial score (nSPS) is 10.4. The Kier molecular flexibility index (Phi) is 8.56. The van der Waals surface area contributed by atoms with Crippen molar-refractivity contribution < 1.29 is 4.74 Å². The first-order valence-electron chi connectivity index (χ1n) is 9.59. The Morgan fingerprint density at radius 2 is 1.82 bits per heavy atom. The summed E-state index contributed by atoms with van der Waals surface area (Å²) in [6.07, 6.45) is 3.71. The minimum atomic E-state index is 0. The van der Waals surface area contributed by atoms with Gasteiger partial charge in [-0.2, -0.15) is 0 Å². The van der Waals surface area contributed by atoms with Crippen LogP contribution in [0.4, 0.5) is 10.9 Å². The van der Waals surface area contributed by atoms with Crippen molar-refractivity contribution >= 4 is 80.4 Å².